The number of ether oxygens (including phenoxy) is 4. The van der Waals surface area contributed by atoms with E-state index in [9.17, 15) is 9.90 Å². The van der Waals surface area contributed by atoms with Crippen LogP contribution in [-0.4, -0.2) is 51.0 Å². The molecule has 0 saturated heterocycles. The number of aliphatic hydroxyl groups excluding tert-OH is 1. The number of carbonyl (C=O) groups is 1. The minimum absolute atomic E-state index is 0.0665. The molecule has 0 heterocycles. The Balaban J connectivity index is 2.17. The largest absolute Gasteiger partial charge is 0.493 e. The van der Waals surface area contributed by atoms with Crippen LogP contribution in [0.15, 0.2) is 36.4 Å². The van der Waals surface area contributed by atoms with Crippen molar-refractivity contribution >= 4 is 5.78 Å². The average Bonchev–Trinajstić information content (AvgIpc) is 2.86. The quantitative estimate of drug-likeness (QED) is 0.724. The zero-order valence-corrected chi connectivity index (χ0v) is 17.0. The predicted octanol–water partition coefficient (Wildman–Crippen LogP) is 2.89. The van der Waals surface area contributed by atoms with Gasteiger partial charge in [0.1, 0.15) is 5.60 Å². The van der Waals surface area contributed by atoms with Gasteiger partial charge in [-0.1, -0.05) is 13.0 Å². The maximum atomic E-state index is 13.2. The Morgan fingerprint density at radius 1 is 1.11 bits per heavy atom. The minimum Gasteiger partial charge on any atom is -0.493 e. The standard InChI is InChI=1S/C22H28O6/c1-7-8-13-11-22(28-6)12(2)17(18(19(13)23)21(22)24)14-9-15(25-3)20(27-5)16(10-14)26-4/h7,9-12,17-18,21,24H,1,8H2,2-6H3/t12-,17+,18-,21+,22+/m1/s1. The molecule has 1 fully saturated rings. The summed E-state index contributed by atoms with van der Waals surface area (Å²) in [5, 5.41) is 11.1. The maximum Gasteiger partial charge on any atom is 0.203 e. The average molecular weight is 388 g/mol. The summed E-state index contributed by atoms with van der Waals surface area (Å²) < 4.78 is 22.2. The Hall–Kier alpha value is -2.31. The highest BCUT2D eigenvalue weighted by atomic mass is 16.5. The molecule has 0 amide bonds. The van der Waals surface area contributed by atoms with E-state index in [1.807, 2.05) is 19.1 Å². The molecule has 0 radical (unpaired) electrons. The molecule has 0 aromatic heterocycles. The van der Waals surface area contributed by atoms with E-state index in [2.05, 4.69) is 6.58 Å². The predicted molar refractivity (Wildman–Crippen MR) is 105 cm³/mol. The number of Topliss-reactive ketones (excluding diaryl/α,β-unsaturated/α-hetero) is 1. The van der Waals surface area contributed by atoms with Crippen LogP contribution in [0.25, 0.3) is 0 Å². The lowest BCUT2D eigenvalue weighted by Crippen LogP contribution is -2.48. The van der Waals surface area contributed by atoms with Crippen molar-refractivity contribution in [2.45, 2.75) is 31.0 Å². The van der Waals surface area contributed by atoms with Crippen molar-refractivity contribution in [1.29, 1.82) is 0 Å². The van der Waals surface area contributed by atoms with Gasteiger partial charge in [0.2, 0.25) is 5.75 Å². The van der Waals surface area contributed by atoms with Crippen molar-refractivity contribution in [1.82, 2.24) is 0 Å². The van der Waals surface area contributed by atoms with Crippen LogP contribution in [0.2, 0.25) is 0 Å². The number of fused-ring (bicyclic) bond motifs is 2. The Morgan fingerprint density at radius 2 is 1.71 bits per heavy atom. The topological polar surface area (TPSA) is 74.2 Å². The molecule has 152 valence electrons. The molecule has 0 spiro atoms. The Labute approximate surface area is 165 Å². The Bertz CT molecular complexity index is 788. The van der Waals surface area contributed by atoms with E-state index < -0.39 is 17.6 Å². The van der Waals surface area contributed by atoms with Gasteiger partial charge in [-0.3, -0.25) is 4.79 Å². The maximum absolute atomic E-state index is 13.2. The number of benzene rings is 1. The number of ketones is 1. The molecule has 6 heteroatoms. The fraction of sp³-hybridized carbons (Fsp3) is 0.500. The molecular weight excluding hydrogens is 360 g/mol. The van der Waals surface area contributed by atoms with Gasteiger partial charge in [0.15, 0.2) is 17.3 Å². The summed E-state index contributed by atoms with van der Waals surface area (Å²) >= 11 is 0. The van der Waals surface area contributed by atoms with Crippen LogP contribution in [-0.2, 0) is 9.53 Å². The zero-order chi connectivity index (χ0) is 20.6. The molecule has 2 bridgehead atoms. The highest BCUT2D eigenvalue weighted by Crippen LogP contribution is 2.57. The van der Waals surface area contributed by atoms with Crippen molar-refractivity contribution in [3.8, 4) is 17.2 Å². The second-order valence-electron chi connectivity index (χ2n) is 7.33. The van der Waals surface area contributed by atoms with Gasteiger partial charge in [0.05, 0.1) is 33.4 Å². The molecule has 2 aliphatic carbocycles. The lowest BCUT2D eigenvalue weighted by molar-refractivity contribution is -0.130. The first-order valence-electron chi connectivity index (χ1n) is 9.30. The lowest BCUT2D eigenvalue weighted by atomic mass is 9.79. The summed E-state index contributed by atoms with van der Waals surface area (Å²) in [5.41, 5.74) is 0.544. The van der Waals surface area contributed by atoms with Crippen LogP contribution in [0.3, 0.4) is 0 Å². The van der Waals surface area contributed by atoms with Crippen LogP contribution >= 0.6 is 0 Å². The molecule has 28 heavy (non-hydrogen) atoms. The molecular formula is C22H28O6. The number of allylic oxidation sites excluding steroid dienone is 2. The second kappa shape index (κ2) is 7.60. The highest BCUT2D eigenvalue weighted by molar-refractivity contribution is 6.00. The van der Waals surface area contributed by atoms with Gasteiger partial charge in [0.25, 0.3) is 0 Å². The molecule has 2 aliphatic rings. The molecule has 3 rings (SSSR count). The highest BCUT2D eigenvalue weighted by Gasteiger charge is 2.63. The number of aliphatic hydroxyl groups is 1. The first kappa shape index (κ1) is 20.4. The van der Waals surface area contributed by atoms with E-state index in [1.165, 1.54) is 0 Å². The van der Waals surface area contributed by atoms with Crippen LogP contribution < -0.4 is 14.2 Å². The number of methoxy groups -OCH3 is 4. The molecule has 1 saturated carbocycles. The van der Waals surface area contributed by atoms with Crippen molar-refractivity contribution in [3.63, 3.8) is 0 Å². The summed E-state index contributed by atoms with van der Waals surface area (Å²) in [4.78, 5) is 13.2. The van der Waals surface area contributed by atoms with Gasteiger partial charge in [-0.2, -0.15) is 0 Å². The fourth-order valence-corrected chi connectivity index (χ4v) is 4.89. The summed E-state index contributed by atoms with van der Waals surface area (Å²) in [6.45, 7) is 5.75. The van der Waals surface area contributed by atoms with Crippen molar-refractivity contribution in [2.24, 2.45) is 11.8 Å². The molecule has 6 nitrogen and oxygen atoms in total. The SMILES string of the molecule is C=CCC1=C[C@]2(OC)[C@H](C)[C@@H](c3cc(OC)c(OC)c(OC)c3)[C@H](C1=O)[C@@H]2O. The summed E-state index contributed by atoms with van der Waals surface area (Å²) in [5.74, 6) is 0.416. The van der Waals surface area contributed by atoms with Gasteiger partial charge < -0.3 is 24.1 Å². The van der Waals surface area contributed by atoms with Crippen LogP contribution in [0, 0.1) is 11.8 Å². The third-order valence-electron chi connectivity index (χ3n) is 6.25. The lowest BCUT2D eigenvalue weighted by Gasteiger charge is -2.36. The summed E-state index contributed by atoms with van der Waals surface area (Å²) in [7, 11) is 6.23. The van der Waals surface area contributed by atoms with Crippen LogP contribution in [0.5, 0.6) is 17.2 Å². The van der Waals surface area contributed by atoms with E-state index in [0.29, 0.717) is 29.2 Å². The molecule has 5 atom stereocenters. The Morgan fingerprint density at radius 3 is 2.18 bits per heavy atom. The number of rotatable bonds is 7. The van der Waals surface area contributed by atoms with Gasteiger partial charge in [-0.05, 0) is 41.7 Å². The molecule has 0 aliphatic heterocycles. The van der Waals surface area contributed by atoms with E-state index in [1.54, 1.807) is 40.6 Å². The number of hydrogen-bond donors (Lipinski definition) is 1. The molecule has 1 aromatic rings. The molecule has 0 unspecified atom stereocenters. The van der Waals surface area contributed by atoms with Crippen molar-refractivity contribution < 1.29 is 28.8 Å². The minimum atomic E-state index is -0.933. The monoisotopic (exact) mass is 388 g/mol. The van der Waals surface area contributed by atoms with Crippen LogP contribution in [0.4, 0.5) is 0 Å². The third-order valence-corrected chi connectivity index (χ3v) is 6.25. The number of carbonyl (C=O) groups excluding carboxylic acids is 1. The van der Waals surface area contributed by atoms with Crippen LogP contribution in [0.1, 0.15) is 24.8 Å². The number of hydrogen-bond acceptors (Lipinski definition) is 6. The first-order valence-corrected chi connectivity index (χ1v) is 9.30. The van der Waals surface area contributed by atoms with E-state index in [0.717, 1.165) is 5.56 Å². The summed E-state index contributed by atoms with van der Waals surface area (Å²) in [6.07, 6.45) is 3.00. The van der Waals surface area contributed by atoms with Gasteiger partial charge in [-0.25, -0.2) is 0 Å². The van der Waals surface area contributed by atoms with Crippen molar-refractivity contribution in [2.75, 3.05) is 28.4 Å². The van der Waals surface area contributed by atoms with Gasteiger partial charge in [0, 0.05) is 13.0 Å². The van der Waals surface area contributed by atoms with Gasteiger partial charge >= 0.3 is 0 Å². The molecule has 1 N–H and O–H groups in total. The zero-order valence-electron chi connectivity index (χ0n) is 17.0. The van der Waals surface area contributed by atoms with Crippen molar-refractivity contribution in [3.05, 3.63) is 42.0 Å². The van der Waals surface area contributed by atoms with Gasteiger partial charge in [-0.15, -0.1) is 6.58 Å². The van der Waals surface area contributed by atoms with E-state index >= 15 is 0 Å². The normalized spacial score (nSPS) is 31.4. The fourth-order valence-electron chi connectivity index (χ4n) is 4.89. The van der Waals surface area contributed by atoms with E-state index in [-0.39, 0.29) is 17.6 Å². The van der Waals surface area contributed by atoms with E-state index in [4.69, 9.17) is 18.9 Å². The molecule has 1 aromatic carbocycles. The summed E-state index contributed by atoms with van der Waals surface area (Å²) in [6, 6.07) is 3.69. The second-order valence-corrected chi connectivity index (χ2v) is 7.33. The smallest absolute Gasteiger partial charge is 0.203 e. The Kier molecular flexibility index (Phi) is 5.55. The third kappa shape index (κ3) is 2.74. The first-order chi connectivity index (χ1) is 13.4.